The maximum Gasteiger partial charge on any atom is 0.0659 e. The SMILES string of the molecule is COCC(c1ccccc1)N(CC1CCCCN1)C1CC1. The van der Waals surface area contributed by atoms with Gasteiger partial charge in [-0.3, -0.25) is 4.90 Å². The van der Waals surface area contributed by atoms with Crippen molar-refractivity contribution in [3.05, 3.63) is 35.9 Å². The van der Waals surface area contributed by atoms with Gasteiger partial charge in [0.15, 0.2) is 0 Å². The molecule has 1 saturated carbocycles. The molecule has 0 aromatic heterocycles. The van der Waals surface area contributed by atoms with Crippen LogP contribution in [0.3, 0.4) is 0 Å². The Bertz CT molecular complexity index is 412. The van der Waals surface area contributed by atoms with Crippen LogP contribution in [0.15, 0.2) is 30.3 Å². The molecule has 0 amide bonds. The monoisotopic (exact) mass is 288 g/mol. The molecule has 21 heavy (non-hydrogen) atoms. The van der Waals surface area contributed by atoms with Gasteiger partial charge in [-0.1, -0.05) is 36.8 Å². The number of ether oxygens (including phenoxy) is 1. The van der Waals surface area contributed by atoms with Crippen molar-refractivity contribution in [1.29, 1.82) is 0 Å². The summed E-state index contributed by atoms with van der Waals surface area (Å²) in [6.45, 7) is 3.13. The average Bonchev–Trinajstić information content (AvgIpc) is 3.37. The van der Waals surface area contributed by atoms with Gasteiger partial charge in [0, 0.05) is 25.7 Å². The van der Waals surface area contributed by atoms with Gasteiger partial charge in [-0.25, -0.2) is 0 Å². The van der Waals surface area contributed by atoms with Gasteiger partial charge in [0.25, 0.3) is 0 Å². The molecular formula is C18H28N2O. The molecule has 2 unspecified atom stereocenters. The average molecular weight is 288 g/mol. The molecule has 2 aliphatic rings. The minimum atomic E-state index is 0.396. The molecule has 1 aliphatic carbocycles. The smallest absolute Gasteiger partial charge is 0.0659 e. The highest BCUT2D eigenvalue weighted by Crippen LogP contribution is 2.35. The van der Waals surface area contributed by atoms with Gasteiger partial charge in [0.2, 0.25) is 0 Å². The Morgan fingerprint density at radius 3 is 2.62 bits per heavy atom. The van der Waals surface area contributed by atoms with Crippen LogP contribution >= 0.6 is 0 Å². The third kappa shape index (κ3) is 4.06. The molecule has 116 valence electrons. The van der Waals surface area contributed by atoms with E-state index in [1.165, 1.54) is 44.2 Å². The largest absolute Gasteiger partial charge is 0.383 e. The molecule has 0 spiro atoms. The number of benzene rings is 1. The van der Waals surface area contributed by atoms with E-state index in [1.54, 1.807) is 0 Å². The predicted octanol–water partition coefficient (Wildman–Crippen LogP) is 2.98. The van der Waals surface area contributed by atoms with Crippen LogP contribution in [-0.2, 0) is 4.74 Å². The van der Waals surface area contributed by atoms with Crippen molar-refractivity contribution in [3.63, 3.8) is 0 Å². The molecule has 3 nitrogen and oxygen atoms in total. The van der Waals surface area contributed by atoms with E-state index in [0.717, 1.165) is 19.2 Å². The van der Waals surface area contributed by atoms with Crippen LogP contribution in [0.2, 0.25) is 0 Å². The van der Waals surface area contributed by atoms with E-state index in [0.29, 0.717) is 12.1 Å². The Morgan fingerprint density at radius 2 is 2.00 bits per heavy atom. The Morgan fingerprint density at radius 1 is 1.19 bits per heavy atom. The summed E-state index contributed by atoms with van der Waals surface area (Å²) in [5.41, 5.74) is 1.39. The van der Waals surface area contributed by atoms with Crippen molar-refractivity contribution in [2.45, 2.75) is 50.2 Å². The molecule has 0 bridgehead atoms. The van der Waals surface area contributed by atoms with Crippen molar-refractivity contribution < 1.29 is 4.74 Å². The van der Waals surface area contributed by atoms with Crippen LogP contribution in [0.1, 0.15) is 43.7 Å². The third-order valence-electron chi connectivity index (χ3n) is 4.77. The molecule has 1 N–H and O–H groups in total. The number of hydrogen-bond acceptors (Lipinski definition) is 3. The normalized spacial score (nSPS) is 24.2. The number of nitrogens with one attached hydrogen (secondary N) is 1. The number of piperidine rings is 1. The Balaban J connectivity index is 1.73. The minimum absolute atomic E-state index is 0.396. The van der Waals surface area contributed by atoms with Gasteiger partial charge >= 0.3 is 0 Å². The molecular weight excluding hydrogens is 260 g/mol. The topological polar surface area (TPSA) is 24.5 Å². The lowest BCUT2D eigenvalue weighted by Crippen LogP contribution is -2.46. The predicted molar refractivity (Wildman–Crippen MR) is 86.4 cm³/mol. The van der Waals surface area contributed by atoms with Crippen molar-refractivity contribution >= 4 is 0 Å². The number of methoxy groups -OCH3 is 1. The number of rotatable bonds is 7. The Kier molecular flexibility index (Phi) is 5.28. The van der Waals surface area contributed by atoms with E-state index in [-0.39, 0.29) is 0 Å². The zero-order valence-electron chi connectivity index (χ0n) is 13.1. The van der Waals surface area contributed by atoms with Gasteiger partial charge in [-0.05, 0) is 37.8 Å². The zero-order valence-corrected chi connectivity index (χ0v) is 13.1. The molecule has 0 radical (unpaired) electrons. The second-order valence-electron chi connectivity index (χ2n) is 6.46. The van der Waals surface area contributed by atoms with E-state index in [4.69, 9.17) is 4.74 Å². The van der Waals surface area contributed by atoms with Crippen molar-refractivity contribution in [2.24, 2.45) is 0 Å². The molecule has 1 aliphatic heterocycles. The van der Waals surface area contributed by atoms with Crippen molar-refractivity contribution in [3.8, 4) is 0 Å². The first-order chi connectivity index (χ1) is 10.4. The summed E-state index contributed by atoms with van der Waals surface area (Å²) in [4.78, 5) is 2.70. The highest BCUT2D eigenvalue weighted by atomic mass is 16.5. The maximum atomic E-state index is 5.54. The summed E-state index contributed by atoms with van der Waals surface area (Å²) in [5, 5.41) is 3.70. The molecule has 3 heteroatoms. The van der Waals surface area contributed by atoms with Gasteiger partial charge in [-0.2, -0.15) is 0 Å². The molecule has 2 fully saturated rings. The summed E-state index contributed by atoms with van der Waals surface area (Å²) < 4.78 is 5.54. The molecule has 1 saturated heterocycles. The first kappa shape index (κ1) is 15.0. The number of hydrogen-bond donors (Lipinski definition) is 1. The summed E-state index contributed by atoms with van der Waals surface area (Å²) in [5.74, 6) is 0. The fraction of sp³-hybridized carbons (Fsp3) is 0.667. The van der Waals surface area contributed by atoms with E-state index >= 15 is 0 Å². The standard InChI is InChI=1S/C18H28N2O/c1-21-14-18(15-7-3-2-4-8-15)20(17-10-11-17)13-16-9-5-6-12-19-16/h2-4,7-8,16-19H,5-6,9-14H2,1H3. The highest BCUT2D eigenvalue weighted by molar-refractivity contribution is 5.20. The third-order valence-corrected chi connectivity index (χ3v) is 4.77. The first-order valence-corrected chi connectivity index (χ1v) is 8.41. The van der Waals surface area contributed by atoms with Crippen LogP contribution in [0.5, 0.6) is 0 Å². The Labute approximate surface area is 128 Å². The fourth-order valence-electron chi connectivity index (χ4n) is 3.49. The fourth-order valence-corrected chi connectivity index (χ4v) is 3.49. The lowest BCUT2D eigenvalue weighted by atomic mass is 10.0. The van der Waals surface area contributed by atoms with Crippen molar-refractivity contribution in [2.75, 3.05) is 26.8 Å². The maximum absolute atomic E-state index is 5.54. The van der Waals surface area contributed by atoms with E-state index in [2.05, 4.69) is 40.5 Å². The van der Waals surface area contributed by atoms with Crippen LogP contribution in [0.4, 0.5) is 0 Å². The highest BCUT2D eigenvalue weighted by Gasteiger charge is 2.36. The molecule has 1 aromatic rings. The van der Waals surface area contributed by atoms with E-state index < -0.39 is 0 Å². The second kappa shape index (κ2) is 7.39. The summed E-state index contributed by atoms with van der Waals surface area (Å²) in [6.07, 6.45) is 6.72. The second-order valence-corrected chi connectivity index (χ2v) is 6.46. The molecule has 1 aromatic carbocycles. The summed E-state index contributed by atoms with van der Waals surface area (Å²) in [6, 6.07) is 12.7. The minimum Gasteiger partial charge on any atom is -0.383 e. The quantitative estimate of drug-likeness (QED) is 0.835. The van der Waals surface area contributed by atoms with E-state index in [1.807, 2.05) is 7.11 Å². The summed E-state index contributed by atoms with van der Waals surface area (Å²) in [7, 11) is 1.82. The lowest BCUT2D eigenvalue weighted by Gasteiger charge is -2.36. The Hall–Kier alpha value is -0.900. The van der Waals surface area contributed by atoms with Crippen molar-refractivity contribution in [1.82, 2.24) is 10.2 Å². The van der Waals surface area contributed by atoms with Gasteiger partial charge < -0.3 is 10.1 Å². The van der Waals surface area contributed by atoms with Gasteiger partial charge in [0.1, 0.15) is 0 Å². The van der Waals surface area contributed by atoms with Crippen LogP contribution < -0.4 is 5.32 Å². The molecule has 1 heterocycles. The van der Waals surface area contributed by atoms with Gasteiger partial charge in [-0.15, -0.1) is 0 Å². The number of nitrogens with zero attached hydrogens (tertiary/aromatic N) is 1. The first-order valence-electron chi connectivity index (χ1n) is 8.41. The van der Waals surface area contributed by atoms with Crippen LogP contribution in [0.25, 0.3) is 0 Å². The lowest BCUT2D eigenvalue weighted by molar-refractivity contribution is 0.0742. The summed E-state index contributed by atoms with van der Waals surface area (Å²) >= 11 is 0. The van der Waals surface area contributed by atoms with Crippen LogP contribution in [-0.4, -0.2) is 43.8 Å². The van der Waals surface area contributed by atoms with Gasteiger partial charge in [0.05, 0.1) is 12.6 Å². The molecule has 2 atom stereocenters. The van der Waals surface area contributed by atoms with Crippen LogP contribution in [0, 0.1) is 0 Å². The van der Waals surface area contributed by atoms with E-state index in [9.17, 15) is 0 Å². The molecule has 3 rings (SSSR count). The zero-order chi connectivity index (χ0) is 14.5.